The smallest absolute Gasteiger partial charge is 0.243 e. The lowest BCUT2D eigenvalue weighted by Gasteiger charge is -2.31. The third kappa shape index (κ3) is 7.90. The molecule has 1 N–H and O–H groups in total. The summed E-state index contributed by atoms with van der Waals surface area (Å²) in [6, 6.07) is 15.6. The summed E-state index contributed by atoms with van der Waals surface area (Å²) in [5, 5.41) is 3.05. The third-order valence-electron chi connectivity index (χ3n) is 5.51. The van der Waals surface area contributed by atoms with E-state index >= 15 is 0 Å². The molecule has 0 saturated carbocycles. The lowest BCUT2D eigenvalue weighted by atomic mass is 10.1. The molecule has 0 heterocycles. The molecule has 0 aliphatic heterocycles. The predicted octanol–water partition coefficient (Wildman–Crippen LogP) is 4.96. The second-order valence-corrected chi connectivity index (χ2v) is 9.08. The van der Waals surface area contributed by atoms with Gasteiger partial charge in [0.2, 0.25) is 11.8 Å². The van der Waals surface area contributed by atoms with E-state index in [-0.39, 0.29) is 17.9 Å². The van der Waals surface area contributed by atoms with Gasteiger partial charge in [-0.15, -0.1) is 11.8 Å². The number of benzene rings is 2. The average Bonchev–Trinajstić information content (AvgIpc) is 2.80. The number of nitrogens with zero attached hydrogens (tertiary/aromatic N) is 1. The van der Waals surface area contributed by atoms with E-state index in [1.165, 1.54) is 5.56 Å². The summed E-state index contributed by atoms with van der Waals surface area (Å²) < 4.78 is 5.20. The van der Waals surface area contributed by atoms with Crippen LogP contribution in [0.2, 0.25) is 0 Å². The highest BCUT2D eigenvalue weighted by atomic mass is 32.2. The quantitative estimate of drug-likeness (QED) is 0.490. The number of ether oxygens (including phenoxy) is 1. The molecule has 6 heteroatoms. The number of carbonyl (C=O) groups excluding carboxylic acids is 2. The zero-order valence-corrected chi connectivity index (χ0v) is 20.7. The normalized spacial score (nSPS) is 12.7. The summed E-state index contributed by atoms with van der Waals surface area (Å²) in [6.07, 6.45) is 1.43. The van der Waals surface area contributed by atoms with Crippen LogP contribution in [0.1, 0.15) is 50.3 Å². The minimum absolute atomic E-state index is 0.0183. The molecule has 2 aromatic carbocycles. The first kappa shape index (κ1) is 25.8. The van der Waals surface area contributed by atoms with Crippen LogP contribution < -0.4 is 10.1 Å². The molecule has 0 unspecified atom stereocenters. The topological polar surface area (TPSA) is 58.6 Å². The van der Waals surface area contributed by atoms with Crippen molar-refractivity contribution >= 4 is 23.6 Å². The van der Waals surface area contributed by atoms with E-state index in [9.17, 15) is 9.59 Å². The van der Waals surface area contributed by atoms with Crippen molar-refractivity contribution in [3.63, 3.8) is 0 Å². The number of hydrogen-bond acceptors (Lipinski definition) is 4. The van der Waals surface area contributed by atoms with E-state index < -0.39 is 6.04 Å². The first-order chi connectivity index (χ1) is 15.4. The standard InChI is InChI=1S/C26H36N2O3S/c1-6-20(4)27-26(30)24(7-2)28(16-21-10-8-19(3)9-11-21)25(29)18-32-17-22-12-14-23(31-5)15-13-22/h8-15,20,24H,6-7,16-18H2,1-5H3,(H,27,30)/t20-,24-/m0/s1. The first-order valence-electron chi connectivity index (χ1n) is 11.2. The molecule has 0 fully saturated rings. The van der Waals surface area contributed by atoms with Gasteiger partial charge in [0, 0.05) is 18.3 Å². The number of aryl methyl sites for hydroxylation is 1. The predicted molar refractivity (Wildman–Crippen MR) is 133 cm³/mol. The van der Waals surface area contributed by atoms with E-state index in [0.717, 1.165) is 29.1 Å². The Balaban J connectivity index is 2.10. The molecule has 0 saturated heterocycles. The maximum absolute atomic E-state index is 13.3. The van der Waals surface area contributed by atoms with Crippen molar-refractivity contribution in [1.82, 2.24) is 10.2 Å². The fourth-order valence-electron chi connectivity index (χ4n) is 3.31. The average molecular weight is 457 g/mol. The SMILES string of the molecule is CC[C@H](C)NC(=O)[C@H](CC)N(Cc1ccc(C)cc1)C(=O)CSCc1ccc(OC)cc1. The maximum Gasteiger partial charge on any atom is 0.243 e. The van der Waals surface area contributed by atoms with Gasteiger partial charge in [0.1, 0.15) is 11.8 Å². The lowest BCUT2D eigenvalue weighted by Crippen LogP contribution is -2.51. The molecule has 2 atom stereocenters. The fourth-order valence-corrected chi connectivity index (χ4v) is 4.18. The number of amides is 2. The Labute approximate surface area is 196 Å². The van der Waals surface area contributed by atoms with Crippen LogP contribution in [0.3, 0.4) is 0 Å². The molecule has 0 aliphatic rings. The van der Waals surface area contributed by atoms with Crippen molar-refractivity contribution in [2.24, 2.45) is 0 Å². The van der Waals surface area contributed by atoms with Gasteiger partial charge in [-0.2, -0.15) is 0 Å². The van der Waals surface area contributed by atoms with Gasteiger partial charge < -0.3 is 15.0 Å². The number of hydrogen-bond donors (Lipinski definition) is 1. The van der Waals surface area contributed by atoms with Crippen molar-refractivity contribution in [3.8, 4) is 5.75 Å². The summed E-state index contributed by atoms with van der Waals surface area (Å²) >= 11 is 1.56. The highest BCUT2D eigenvalue weighted by Crippen LogP contribution is 2.19. The van der Waals surface area contributed by atoms with Crippen LogP contribution in [0.15, 0.2) is 48.5 Å². The van der Waals surface area contributed by atoms with Gasteiger partial charge in [-0.3, -0.25) is 9.59 Å². The second-order valence-electron chi connectivity index (χ2n) is 8.09. The monoisotopic (exact) mass is 456 g/mol. The number of carbonyl (C=O) groups is 2. The van der Waals surface area contributed by atoms with Gasteiger partial charge in [-0.1, -0.05) is 55.8 Å². The molecular formula is C26H36N2O3S. The van der Waals surface area contributed by atoms with E-state index in [0.29, 0.717) is 18.7 Å². The van der Waals surface area contributed by atoms with Gasteiger partial charge in [-0.05, 0) is 49.9 Å². The van der Waals surface area contributed by atoms with Crippen LogP contribution in [-0.4, -0.2) is 41.7 Å². The molecule has 0 aliphatic carbocycles. The van der Waals surface area contributed by atoms with Crippen LogP contribution in [0.4, 0.5) is 0 Å². The van der Waals surface area contributed by atoms with Gasteiger partial charge in [-0.25, -0.2) is 0 Å². The highest BCUT2D eigenvalue weighted by molar-refractivity contribution is 7.99. The molecule has 32 heavy (non-hydrogen) atoms. The first-order valence-corrected chi connectivity index (χ1v) is 12.4. The molecule has 0 spiro atoms. The van der Waals surface area contributed by atoms with Crippen molar-refractivity contribution in [3.05, 3.63) is 65.2 Å². The minimum Gasteiger partial charge on any atom is -0.497 e. The van der Waals surface area contributed by atoms with E-state index in [1.807, 2.05) is 76.2 Å². The van der Waals surface area contributed by atoms with Crippen molar-refractivity contribution in [2.45, 2.75) is 64.9 Å². The number of methoxy groups -OCH3 is 1. The summed E-state index contributed by atoms with van der Waals surface area (Å²) in [7, 11) is 1.65. The Morgan fingerprint density at radius 3 is 2.19 bits per heavy atom. The van der Waals surface area contributed by atoms with Gasteiger partial charge in [0.15, 0.2) is 0 Å². The zero-order chi connectivity index (χ0) is 23.5. The maximum atomic E-state index is 13.3. The molecule has 0 aromatic heterocycles. The van der Waals surface area contributed by atoms with E-state index in [2.05, 4.69) is 5.32 Å². The minimum atomic E-state index is -0.487. The van der Waals surface area contributed by atoms with Crippen molar-refractivity contribution in [1.29, 1.82) is 0 Å². The number of thioether (sulfide) groups is 1. The Morgan fingerprint density at radius 1 is 1.00 bits per heavy atom. The molecule has 2 rings (SSSR count). The van der Waals surface area contributed by atoms with Crippen molar-refractivity contribution < 1.29 is 14.3 Å². The Bertz CT molecular complexity index is 852. The zero-order valence-electron chi connectivity index (χ0n) is 19.9. The Morgan fingerprint density at radius 2 is 1.62 bits per heavy atom. The summed E-state index contributed by atoms with van der Waals surface area (Å²) in [5.41, 5.74) is 3.33. The van der Waals surface area contributed by atoms with Crippen molar-refractivity contribution in [2.75, 3.05) is 12.9 Å². The summed E-state index contributed by atoms with van der Waals surface area (Å²) in [4.78, 5) is 28.0. The third-order valence-corrected chi connectivity index (χ3v) is 6.50. The fraction of sp³-hybridized carbons (Fsp3) is 0.462. The van der Waals surface area contributed by atoms with Crippen LogP contribution >= 0.6 is 11.8 Å². The molecule has 174 valence electrons. The van der Waals surface area contributed by atoms with E-state index in [4.69, 9.17) is 4.74 Å². The van der Waals surface area contributed by atoms with Crippen LogP contribution in [0.5, 0.6) is 5.75 Å². The van der Waals surface area contributed by atoms with Gasteiger partial charge in [0.05, 0.1) is 12.9 Å². The lowest BCUT2D eigenvalue weighted by molar-refractivity contribution is -0.139. The Kier molecular flexibility index (Phi) is 10.6. The van der Waals surface area contributed by atoms with Crippen LogP contribution in [0, 0.1) is 6.92 Å². The molecule has 2 amide bonds. The van der Waals surface area contributed by atoms with Gasteiger partial charge in [0.25, 0.3) is 0 Å². The molecule has 0 bridgehead atoms. The number of rotatable bonds is 12. The van der Waals surface area contributed by atoms with E-state index in [1.54, 1.807) is 23.8 Å². The highest BCUT2D eigenvalue weighted by Gasteiger charge is 2.29. The van der Waals surface area contributed by atoms with Crippen LogP contribution in [0.25, 0.3) is 0 Å². The second kappa shape index (κ2) is 13.2. The number of nitrogens with one attached hydrogen (secondary N) is 1. The molecular weight excluding hydrogens is 420 g/mol. The summed E-state index contributed by atoms with van der Waals surface area (Å²) in [5.74, 6) is 1.77. The molecule has 0 radical (unpaired) electrons. The largest absolute Gasteiger partial charge is 0.497 e. The van der Waals surface area contributed by atoms with Crippen LogP contribution in [-0.2, 0) is 21.9 Å². The summed E-state index contributed by atoms with van der Waals surface area (Å²) in [6.45, 7) is 8.45. The van der Waals surface area contributed by atoms with Gasteiger partial charge >= 0.3 is 0 Å². The molecule has 2 aromatic rings. The Hall–Kier alpha value is -2.47. The molecule has 5 nitrogen and oxygen atoms in total.